The summed E-state index contributed by atoms with van der Waals surface area (Å²) in [5.74, 6) is 2.46. The second-order valence-electron chi connectivity index (χ2n) is 4.25. The summed E-state index contributed by atoms with van der Waals surface area (Å²) in [6, 6.07) is 6.06. The predicted molar refractivity (Wildman–Crippen MR) is 71.7 cm³/mol. The van der Waals surface area contributed by atoms with Crippen LogP contribution < -0.4 is 14.8 Å². The second-order valence-corrected chi connectivity index (χ2v) is 4.25. The summed E-state index contributed by atoms with van der Waals surface area (Å²) < 4.78 is 11.1. The Kier molecular flexibility index (Phi) is 3.45. The molecule has 1 N–H and O–H groups in total. The molecule has 98 valence electrons. The van der Waals surface area contributed by atoms with E-state index in [2.05, 4.69) is 21.4 Å². The van der Waals surface area contributed by atoms with Crippen LogP contribution in [0.25, 0.3) is 0 Å². The summed E-state index contributed by atoms with van der Waals surface area (Å²) in [6.45, 7) is 2.05. The number of rotatable bonds is 4. The Morgan fingerprint density at radius 2 is 2.00 bits per heavy atom. The van der Waals surface area contributed by atoms with Crippen LogP contribution in [-0.2, 0) is 6.42 Å². The van der Waals surface area contributed by atoms with E-state index in [1.807, 2.05) is 12.1 Å². The van der Waals surface area contributed by atoms with E-state index in [1.165, 1.54) is 5.56 Å². The van der Waals surface area contributed by atoms with E-state index in [0.717, 1.165) is 30.3 Å². The van der Waals surface area contributed by atoms with Crippen LogP contribution in [0.1, 0.15) is 5.56 Å². The quantitative estimate of drug-likeness (QED) is 0.906. The van der Waals surface area contributed by atoms with Crippen molar-refractivity contribution in [1.82, 2.24) is 9.97 Å². The van der Waals surface area contributed by atoms with Gasteiger partial charge in [-0.2, -0.15) is 0 Å². The number of ether oxygens (including phenoxy) is 2. The smallest absolute Gasteiger partial charge is 0.161 e. The molecule has 1 aromatic carbocycles. The molecule has 5 heteroatoms. The summed E-state index contributed by atoms with van der Waals surface area (Å²) in [6.07, 6.45) is 5.94. The van der Waals surface area contributed by atoms with Crippen LogP contribution in [0.5, 0.6) is 11.5 Å². The minimum Gasteiger partial charge on any atom is -0.486 e. The lowest BCUT2D eigenvalue weighted by Gasteiger charge is -2.18. The van der Waals surface area contributed by atoms with Gasteiger partial charge in [0.15, 0.2) is 11.5 Å². The highest BCUT2D eigenvalue weighted by Gasteiger charge is 2.11. The molecule has 1 aromatic heterocycles. The highest BCUT2D eigenvalue weighted by atomic mass is 16.6. The van der Waals surface area contributed by atoms with Crippen LogP contribution >= 0.6 is 0 Å². The van der Waals surface area contributed by atoms with Crippen LogP contribution in [0.15, 0.2) is 36.8 Å². The molecule has 2 aromatic rings. The molecule has 0 aliphatic carbocycles. The van der Waals surface area contributed by atoms with Gasteiger partial charge in [0.1, 0.15) is 19.0 Å². The average Bonchev–Trinajstić information content (AvgIpc) is 2.48. The highest BCUT2D eigenvalue weighted by molar-refractivity contribution is 5.44. The van der Waals surface area contributed by atoms with Crippen molar-refractivity contribution in [2.45, 2.75) is 6.42 Å². The molecule has 0 fully saturated rings. The molecular weight excluding hydrogens is 242 g/mol. The van der Waals surface area contributed by atoms with Crippen LogP contribution in [0.2, 0.25) is 0 Å². The van der Waals surface area contributed by atoms with Crippen LogP contribution in [0, 0.1) is 0 Å². The number of hydrogen-bond donors (Lipinski definition) is 1. The van der Waals surface area contributed by atoms with Crippen molar-refractivity contribution in [3.8, 4) is 11.5 Å². The van der Waals surface area contributed by atoms with E-state index in [4.69, 9.17) is 9.47 Å². The third-order valence-corrected chi connectivity index (χ3v) is 2.89. The summed E-state index contributed by atoms with van der Waals surface area (Å²) in [7, 11) is 0. The van der Waals surface area contributed by atoms with Crippen molar-refractivity contribution in [2.24, 2.45) is 0 Å². The molecule has 0 saturated heterocycles. The van der Waals surface area contributed by atoms with Crippen molar-refractivity contribution in [2.75, 3.05) is 25.1 Å². The lowest BCUT2D eigenvalue weighted by atomic mass is 10.1. The van der Waals surface area contributed by atoms with E-state index >= 15 is 0 Å². The van der Waals surface area contributed by atoms with E-state index in [-0.39, 0.29) is 0 Å². The van der Waals surface area contributed by atoms with Crippen molar-refractivity contribution in [3.05, 3.63) is 42.4 Å². The zero-order valence-corrected chi connectivity index (χ0v) is 10.5. The molecule has 3 rings (SSSR count). The van der Waals surface area contributed by atoms with Gasteiger partial charge in [-0.1, -0.05) is 6.07 Å². The molecule has 1 aliphatic heterocycles. The Bertz CT molecular complexity index is 546. The summed E-state index contributed by atoms with van der Waals surface area (Å²) in [5.41, 5.74) is 1.21. The molecule has 0 spiro atoms. The Balaban J connectivity index is 1.58. The van der Waals surface area contributed by atoms with Crippen LogP contribution in [0.4, 0.5) is 5.82 Å². The van der Waals surface area contributed by atoms with Gasteiger partial charge in [0.25, 0.3) is 0 Å². The number of fused-ring (bicyclic) bond motifs is 1. The second kappa shape index (κ2) is 5.56. The van der Waals surface area contributed by atoms with E-state index in [9.17, 15) is 0 Å². The number of nitrogens with zero attached hydrogens (tertiary/aromatic N) is 2. The maximum atomic E-state index is 5.56. The molecule has 0 radical (unpaired) electrons. The van der Waals surface area contributed by atoms with Crippen molar-refractivity contribution < 1.29 is 9.47 Å². The first-order valence-corrected chi connectivity index (χ1v) is 6.30. The van der Waals surface area contributed by atoms with Gasteiger partial charge in [0, 0.05) is 18.9 Å². The van der Waals surface area contributed by atoms with Crippen LogP contribution in [-0.4, -0.2) is 29.7 Å². The number of aromatic nitrogens is 2. The number of nitrogens with one attached hydrogen (secondary N) is 1. The minimum absolute atomic E-state index is 0.619. The zero-order chi connectivity index (χ0) is 12.9. The fraction of sp³-hybridized carbons (Fsp3) is 0.286. The first-order valence-electron chi connectivity index (χ1n) is 6.30. The molecule has 5 nitrogen and oxygen atoms in total. The van der Waals surface area contributed by atoms with Gasteiger partial charge in [-0.3, -0.25) is 4.98 Å². The molecule has 0 unspecified atom stereocenters. The lowest BCUT2D eigenvalue weighted by Crippen LogP contribution is -2.15. The van der Waals surface area contributed by atoms with E-state index < -0.39 is 0 Å². The fourth-order valence-corrected chi connectivity index (χ4v) is 1.97. The molecule has 0 amide bonds. The summed E-state index contributed by atoms with van der Waals surface area (Å²) >= 11 is 0. The predicted octanol–water partition coefficient (Wildman–Crippen LogP) is 1.90. The number of benzene rings is 1. The summed E-state index contributed by atoms with van der Waals surface area (Å²) in [4.78, 5) is 8.17. The van der Waals surface area contributed by atoms with E-state index in [1.54, 1.807) is 18.6 Å². The largest absolute Gasteiger partial charge is 0.486 e. The molecule has 0 bridgehead atoms. The molecule has 2 heterocycles. The Labute approximate surface area is 111 Å². The molecule has 0 saturated carbocycles. The standard InChI is InChI=1S/C14H15N3O2/c1-2-12-13(19-8-7-18-12)9-11(1)3-4-16-14-10-15-5-6-17-14/h1-2,5-6,9-10H,3-4,7-8H2,(H,16,17). The number of hydrogen-bond acceptors (Lipinski definition) is 5. The topological polar surface area (TPSA) is 56.3 Å². The Morgan fingerprint density at radius 1 is 1.11 bits per heavy atom. The van der Waals surface area contributed by atoms with Gasteiger partial charge in [-0.05, 0) is 24.1 Å². The fourth-order valence-electron chi connectivity index (χ4n) is 1.97. The van der Waals surface area contributed by atoms with Crippen molar-refractivity contribution in [3.63, 3.8) is 0 Å². The molecular formula is C14H15N3O2. The van der Waals surface area contributed by atoms with Gasteiger partial charge < -0.3 is 14.8 Å². The Morgan fingerprint density at radius 3 is 2.84 bits per heavy atom. The van der Waals surface area contributed by atoms with Crippen molar-refractivity contribution >= 4 is 5.82 Å². The van der Waals surface area contributed by atoms with Gasteiger partial charge in [-0.25, -0.2) is 4.98 Å². The highest BCUT2D eigenvalue weighted by Crippen LogP contribution is 2.30. The lowest BCUT2D eigenvalue weighted by molar-refractivity contribution is 0.171. The van der Waals surface area contributed by atoms with Gasteiger partial charge >= 0.3 is 0 Å². The molecule has 0 atom stereocenters. The van der Waals surface area contributed by atoms with Gasteiger partial charge in [-0.15, -0.1) is 0 Å². The normalized spacial score (nSPS) is 13.1. The summed E-state index contributed by atoms with van der Waals surface area (Å²) in [5, 5.41) is 3.23. The number of anilines is 1. The first kappa shape index (κ1) is 11.8. The maximum absolute atomic E-state index is 5.56. The monoisotopic (exact) mass is 257 g/mol. The average molecular weight is 257 g/mol. The third kappa shape index (κ3) is 2.93. The Hall–Kier alpha value is -2.30. The van der Waals surface area contributed by atoms with Gasteiger partial charge in [0.05, 0.1) is 6.20 Å². The van der Waals surface area contributed by atoms with Crippen molar-refractivity contribution in [1.29, 1.82) is 0 Å². The van der Waals surface area contributed by atoms with E-state index in [0.29, 0.717) is 13.2 Å². The first-order chi connectivity index (χ1) is 9.42. The van der Waals surface area contributed by atoms with Crippen LogP contribution in [0.3, 0.4) is 0 Å². The third-order valence-electron chi connectivity index (χ3n) is 2.89. The SMILES string of the molecule is c1cnc(NCCc2ccc3c(c2)OCCO3)cn1. The minimum atomic E-state index is 0.619. The van der Waals surface area contributed by atoms with Gasteiger partial charge in [0.2, 0.25) is 0 Å². The molecule has 19 heavy (non-hydrogen) atoms. The zero-order valence-electron chi connectivity index (χ0n) is 10.5. The molecule has 1 aliphatic rings. The maximum Gasteiger partial charge on any atom is 0.161 e.